The van der Waals surface area contributed by atoms with Gasteiger partial charge >= 0.3 is 5.97 Å². The zero-order chi connectivity index (χ0) is 22.4. The van der Waals surface area contributed by atoms with E-state index >= 15 is 0 Å². The Morgan fingerprint density at radius 3 is 2.48 bits per heavy atom. The molecule has 2 aromatic rings. The van der Waals surface area contributed by atoms with Crippen LogP contribution in [0.2, 0.25) is 5.02 Å². The van der Waals surface area contributed by atoms with Crippen molar-refractivity contribution in [1.82, 2.24) is 0 Å². The summed E-state index contributed by atoms with van der Waals surface area (Å²) in [5, 5.41) is 0.377. The number of ether oxygens (including phenoxy) is 1. The summed E-state index contributed by atoms with van der Waals surface area (Å²) in [6.45, 7) is 1.83. The standard InChI is InChI=1S/C23H24ClNO5S/c1-14-11-18(15-7-6-8-16(12-15)25-31(2,28)29)19(24)13-17(14)20-21(26)23(30-22(20)27)9-4-3-5-10-23/h6-8,11-13,20,25H,3-5,9-10H2,1-2H3. The smallest absolute Gasteiger partial charge is 0.322 e. The highest BCUT2D eigenvalue weighted by Crippen LogP contribution is 2.45. The first kappa shape index (κ1) is 21.8. The molecule has 0 bridgehead atoms. The molecule has 1 heterocycles. The summed E-state index contributed by atoms with van der Waals surface area (Å²) in [5.74, 6) is -1.62. The van der Waals surface area contributed by atoms with Crippen molar-refractivity contribution in [2.24, 2.45) is 0 Å². The Kier molecular flexibility index (Phi) is 5.60. The van der Waals surface area contributed by atoms with E-state index in [1.165, 1.54) is 0 Å². The maximum atomic E-state index is 13.2. The third-order valence-corrected chi connectivity index (χ3v) is 6.97. The first-order valence-electron chi connectivity index (χ1n) is 10.3. The van der Waals surface area contributed by atoms with E-state index < -0.39 is 27.5 Å². The van der Waals surface area contributed by atoms with Gasteiger partial charge in [-0.2, -0.15) is 0 Å². The number of halogens is 1. The topological polar surface area (TPSA) is 89.5 Å². The Bertz CT molecular complexity index is 1170. The molecule has 8 heteroatoms. The molecule has 1 saturated carbocycles. The highest BCUT2D eigenvalue weighted by atomic mass is 35.5. The third-order valence-electron chi connectivity index (χ3n) is 6.05. The van der Waals surface area contributed by atoms with Crippen molar-refractivity contribution in [3.05, 3.63) is 52.5 Å². The molecule has 31 heavy (non-hydrogen) atoms. The lowest BCUT2D eigenvalue weighted by atomic mass is 9.77. The molecule has 1 saturated heterocycles. The molecule has 0 amide bonds. The van der Waals surface area contributed by atoms with Crippen molar-refractivity contribution < 1.29 is 22.7 Å². The zero-order valence-corrected chi connectivity index (χ0v) is 19.0. The zero-order valence-electron chi connectivity index (χ0n) is 17.4. The number of aryl methyl sites for hydroxylation is 1. The van der Waals surface area contributed by atoms with E-state index in [4.69, 9.17) is 16.3 Å². The van der Waals surface area contributed by atoms with E-state index in [0.29, 0.717) is 34.7 Å². The molecule has 4 rings (SSSR count). The van der Waals surface area contributed by atoms with Crippen LogP contribution in [-0.2, 0) is 24.3 Å². The number of Topliss-reactive ketones (excluding diaryl/α,β-unsaturated/α-hetero) is 1. The van der Waals surface area contributed by atoms with Crippen LogP contribution in [0.5, 0.6) is 0 Å². The number of hydrogen-bond donors (Lipinski definition) is 1. The van der Waals surface area contributed by atoms with Gasteiger partial charge in [0, 0.05) is 16.3 Å². The Balaban J connectivity index is 1.69. The van der Waals surface area contributed by atoms with Gasteiger partial charge in [0.05, 0.1) is 6.26 Å². The van der Waals surface area contributed by atoms with Gasteiger partial charge in [0.25, 0.3) is 0 Å². The number of ketones is 1. The average Bonchev–Trinajstić information content (AvgIpc) is 2.92. The lowest BCUT2D eigenvalue weighted by Gasteiger charge is -2.29. The molecular weight excluding hydrogens is 438 g/mol. The summed E-state index contributed by atoms with van der Waals surface area (Å²) in [7, 11) is -3.41. The van der Waals surface area contributed by atoms with Crippen molar-refractivity contribution >= 4 is 39.1 Å². The van der Waals surface area contributed by atoms with E-state index in [1.54, 1.807) is 24.3 Å². The van der Waals surface area contributed by atoms with E-state index in [1.807, 2.05) is 19.1 Å². The van der Waals surface area contributed by atoms with Gasteiger partial charge in [-0.05, 0) is 73.6 Å². The average molecular weight is 462 g/mol. The molecule has 1 atom stereocenters. The molecule has 1 spiro atoms. The SMILES string of the molecule is Cc1cc(-c2cccc(NS(C)(=O)=O)c2)c(Cl)cc1C1C(=O)OC2(CCCCC2)C1=O. The first-order chi connectivity index (χ1) is 14.6. The summed E-state index contributed by atoms with van der Waals surface area (Å²) in [6.07, 6.45) is 5.05. The number of esters is 1. The number of nitrogens with one attached hydrogen (secondary N) is 1. The number of benzene rings is 2. The van der Waals surface area contributed by atoms with Crippen LogP contribution >= 0.6 is 11.6 Å². The van der Waals surface area contributed by atoms with Gasteiger partial charge in [-0.3, -0.25) is 14.3 Å². The minimum Gasteiger partial charge on any atom is -0.450 e. The largest absolute Gasteiger partial charge is 0.450 e. The fourth-order valence-electron chi connectivity index (χ4n) is 4.60. The van der Waals surface area contributed by atoms with E-state index in [-0.39, 0.29) is 5.78 Å². The van der Waals surface area contributed by atoms with E-state index in [0.717, 1.165) is 36.6 Å². The number of anilines is 1. The Morgan fingerprint density at radius 2 is 1.81 bits per heavy atom. The van der Waals surface area contributed by atoms with Crippen LogP contribution < -0.4 is 4.72 Å². The quantitative estimate of drug-likeness (QED) is 0.531. The second kappa shape index (κ2) is 7.95. The van der Waals surface area contributed by atoms with Crippen LogP contribution in [0, 0.1) is 6.92 Å². The second-order valence-electron chi connectivity index (χ2n) is 8.42. The molecule has 2 aromatic carbocycles. The summed E-state index contributed by atoms with van der Waals surface area (Å²) in [5.41, 5.74) is 2.17. The fraction of sp³-hybridized carbons (Fsp3) is 0.391. The van der Waals surface area contributed by atoms with Crippen molar-refractivity contribution in [2.45, 2.75) is 50.5 Å². The minimum atomic E-state index is -3.41. The number of rotatable bonds is 4. The Hall–Kier alpha value is -2.38. The molecule has 164 valence electrons. The van der Waals surface area contributed by atoms with Crippen LogP contribution in [0.15, 0.2) is 36.4 Å². The van der Waals surface area contributed by atoms with Crippen molar-refractivity contribution in [3.63, 3.8) is 0 Å². The molecule has 1 N–H and O–H groups in total. The van der Waals surface area contributed by atoms with Gasteiger partial charge in [-0.15, -0.1) is 0 Å². The molecule has 1 unspecified atom stereocenters. The fourth-order valence-corrected chi connectivity index (χ4v) is 5.44. The van der Waals surface area contributed by atoms with Gasteiger partial charge in [0.2, 0.25) is 10.0 Å². The second-order valence-corrected chi connectivity index (χ2v) is 10.6. The molecular formula is C23H24ClNO5S. The molecule has 2 aliphatic rings. The Morgan fingerprint density at radius 1 is 1.10 bits per heavy atom. The number of carbonyl (C=O) groups excluding carboxylic acids is 2. The summed E-state index contributed by atoms with van der Waals surface area (Å²) in [6, 6.07) is 10.4. The van der Waals surface area contributed by atoms with Crippen LogP contribution in [0.1, 0.15) is 49.1 Å². The number of sulfonamides is 1. The van der Waals surface area contributed by atoms with Crippen molar-refractivity contribution in [1.29, 1.82) is 0 Å². The number of carbonyl (C=O) groups is 2. The number of hydrogen-bond acceptors (Lipinski definition) is 5. The monoisotopic (exact) mass is 461 g/mol. The summed E-state index contributed by atoms with van der Waals surface area (Å²) in [4.78, 5) is 25.9. The summed E-state index contributed by atoms with van der Waals surface area (Å²) < 4.78 is 31.2. The molecule has 6 nitrogen and oxygen atoms in total. The van der Waals surface area contributed by atoms with E-state index in [2.05, 4.69) is 4.72 Å². The molecule has 1 aliphatic heterocycles. The van der Waals surface area contributed by atoms with Gasteiger partial charge < -0.3 is 4.74 Å². The predicted octanol–water partition coefficient (Wildman–Crippen LogP) is 4.60. The molecule has 0 aromatic heterocycles. The van der Waals surface area contributed by atoms with E-state index in [9.17, 15) is 18.0 Å². The van der Waals surface area contributed by atoms with Crippen molar-refractivity contribution in [2.75, 3.05) is 11.0 Å². The molecule has 0 radical (unpaired) electrons. The third kappa shape index (κ3) is 4.21. The maximum absolute atomic E-state index is 13.2. The van der Waals surface area contributed by atoms with Crippen molar-refractivity contribution in [3.8, 4) is 11.1 Å². The Labute approximate surface area is 187 Å². The van der Waals surface area contributed by atoms with Crippen LogP contribution in [0.4, 0.5) is 5.69 Å². The lowest BCUT2D eigenvalue weighted by molar-refractivity contribution is -0.154. The normalized spacial score (nSPS) is 20.7. The minimum absolute atomic E-state index is 0.163. The van der Waals surface area contributed by atoms with Gasteiger partial charge in [0.1, 0.15) is 5.92 Å². The van der Waals surface area contributed by atoms with Crippen LogP contribution in [0.3, 0.4) is 0 Å². The first-order valence-corrected chi connectivity index (χ1v) is 12.5. The highest BCUT2D eigenvalue weighted by Gasteiger charge is 2.55. The van der Waals surface area contributed by atoms with Crippen LogP contribution in [-0.4, -0.2) is 32.0 Å². The summed E-state index contributed by atoms with van der Waals surface area (Å²) >= 11 is 6.57. The van der Waals surface area contributed by atoms with Gasteiger partial charge in [-0.1, -0.05) is 30.2 Å². The van der Waals surface area contributed by atoms with Gasteiger partial charge in [0.15, 0.2) is 11.4 Å². The van der Waals surface area contributed by atoms with Gasteiger partial charge in [-0.25, -0.2) is 8.42 Å². The molecule has 1 aliphatic carbocycles. The molecule has 2 fully saturated rings. The predicted molar refractivity (Wildman–Crippen MR) is 120 cm³/mol. The maximum Gasteiger partial charge on any atom is 0.322 e. The lowest BCUT2D eigenvalue weighted by Crippen LogP contribution is -2.39. The highest BCUT2D eigenvalue weighted by molar-refractivity contribution is 7.92. The van der Waals surface area contributed by atoms with Crippen LogP contribution in [0.25, 0.3) is 11.1 Å².